The van der Waals surface area contributed by atoms with E-state index in [1.54, 1.807) is 0 Å². The van der Waals surface area contributed by atoms with E-state index in [1.807, 2.05) is 0 Å². The minimum atomic E-state index is -5.69. The molecule has 0 saturated carbocycles. The molecule has 1 aromatic rings. The van der Waals surface area contributed by atoms with Crippen molar-refractivity contribution in [2.45, 2.75) is 17.0 Å². The van der Waals surface area contributed by atoms with Gasteiger partial charge in [-0.05, 0) is 18.6 Å². The monoisotopic (exact) mass is 338 g/mol. The third-order valence-electron chi connectivity index (χ3n) is 3.07. The Balaban J connectivity index is 2.42. The maximum absolute atomic E-state index is 12.7. The van der Waals surface area contributed by atoms with Gasteiger partial charge in [0.05, 0.1) is 12.2 Å². The van der Waals surface area contributed by atoms with Crippen LogP contribution >= 0.6 is 0 Å². The van der Waals surface area contributed by atoms with E-state index < -0.39 is 31.8 Å². The van der Waals surface area contributed by atoms with Crippen LogP contribution in [0.1, 0.15) is 16.8 Å². The Hall–Kier alpha value is -1.68. The summed E-state index contributed by atoms with van der Waals surface area (Å²) in [6.07, 6.45) is 1.42. The average Bonchev–Trinajstić information content (AvgIpc) is 2.74. The van der Waals surface area contributed by atoms with E-state index in [1.165, 1.54) is 11.0 Å². The zero-order chi connectivity index (χ0) is 16.4. The molecule has 122 valence electrons. The van der Waals surface area contributed by atoms with Crippen LogP contribution in [0.15, 0.2) is 23.4 Å². The van der Waals surface area contributed by atoms with E-state index in [0.29, 0.717) is 13.0 Å². The molecule has 0 aliphatic carbocycles. The van der Waals surface area contributed by atoms with Gasteiger partial charge in [0.15, 0.2) is 5.03 Å². The van der Waals surface area contributed by atoms with Gasteiger partial charge in [-0.1, -0.05) is 0 Å². The largest absolute Gasteiger partial charge is 0.503 e. The number of carbonyl (C=O) groups is 1. The van der Waals surface area contributed by atoms with Gasteiger partial charge in [-0.25, -0.2) is 13.4 Å². The van der Waals surface area contributed by atoms with Gasteiger partial charge in [0.1, 0.15) is 0 Å². The predicted octanol–water partition coefficient (Wildman–Crippen LogP) is 1.24. The summed E-state index contributed by atoms with van der Waals surface area (Å²) in [7, 11) is -5.69. The zero-order valence-electron chi connectivity index (χ0n) is 11.3. The van der Waals surface area contributed by atoms with Crippen LogP contribution in [0.2, 0.25) is 0 Å². The number of carbonyl (C=O) groups excluding carboxylic acids is 1. The SMILES string of the molecule is O=C(c1cccnc1S(=O)(=O)C(F)(F)F)N1CCCOCC1. The van der Waals surface area contributed by atoms with Crippen molar-refractivity contribution in [2.24, 2.45) is 0 Å². The van der Waals surface area contributed by atoms with E-state index in [9.17, 15) is 26.4 Å². The summed E-state index contributed by atoms with van der Waals surface area (Å²) in [5.41, 5.74) is -6.10. The third kappa shape index (κ3) is 3.22. The van der Waals surface area contributed by atoms with Gasteiger partial charge in [0.2, 0.25) is 0 Å². The Morgan fingerprint density at radius 3 is 2.68 bits per heavy atom. The number of rotatable bonds is 2. The molecule has 6 nitrogen and oxygen atoms in total. The number of ether oxygens (including phenoxy) is 1. The first-order chi connectivity index (χ1) is 10.2. The van der Waals surface area contributed by atoms with Gasteiger partial charge in [0, 0.05) is 25.9 Å². The number of hydrogen-bond donors (Lipinski definition) is 0. The number of hydrogen-bond acceptors (Lipinski definition) is 5. The molecule has 2 heterocycles. The number of pyridine rings is 1. The molecule has 10 heteroatoms. The fourth-order valence-corrected chi connectivity index (χ4v) is 2.86. The van der Waals surface area contributed by atoms with Crippen molar-refractivity contribution in [3.63, 3.8) is 0 Å². The van der Waals surface area contributed by atoms with Gasteiger partial charge in [-0.3, -0.25) is 4.79 Å². The van der Waals surface area contributed by atoms with Crippen LogP contribution in [0, 0.1) is 0 Å². The van der Waals surface area contributed by atoms with E-state index in [-0.39, 0.29) is 19.7 Å². The average molecular weight is 338 g/mol. The summed E-state index contributed by atoms with van der Waals surface area (Å²) >= 11 is 0. The van der Waals surface area contributed by atoms with Crippen LogP contribution in [-0.4, -0.2) is 56.0 Å². The second kappa shape index (κ2) is 6.21. The lowest BCUT2D eigenvalue weighted by Gasteiger charge is -2.21. The van der Waals surface area contributed by atoms with Crippen molar-refractivity contribution < 1.29 is 31.1 Å². The van der Waals surface area contributed by atoms with Gasteiger partial charge in [0.25, 0.3) is 15.7 Å². The van der Waals surface area contributed by atoms with Crippen LogP contribution in [0.5, 0.6) is 0 Å². The van der Waals surface area contributed by atoms with E-state index in [4.69, 9.17) is 4.74 Å². The van der Waals surface area contributed by atoms with Crippen LogP contribution in [-0.2, 0) is 14.6 Å². The standard InChI is InChI=1S/C12H13F3N2O4S/c13-12(14,15)22(19,20)10-9(3-1-4-16-10)11(18)17-5-2-7-21-8-6-17/h1,3-4H,2,5-8H2. The molecule has 0 spiro atoms. The summed E-state index contributed by atoms with van der Waals surface area (Å²) in [5.74, 6) is -0.804. The van der Waals surface area contributed by atoms with Crippen LogP contribution in [0.3, 0.4) is 0 Å². The zero-order valence-corrected chi connectivity index (χ0v) is 12.2. The Kier molecular flexibility index (Phi) is 4.71. The number of alkyl halides is 3. The summed E-state index contributed by atoms with van der Waals surface area (Å²) in [6, 6.07) is 2.25. The lowest BCUT2D eigenvalue weighted by atomic mass is 10.2. The number of sulfone groups is 1. The molecule has 1 aliphatic rings. The molecule has 1 saturated heterocycles. The predicted molar refractivity (Wildman–Crippen MR) is 68.8 cm³/mol. The van der Waals surface area contributed by atoms with Crippen molar-refractivity contribution in [3.05, 3.63) is 23.9 Å². The fourth-order valence-electron chi connectivity index (χ4n) is 2.00. The van der Waals surface area contributed by atoms with Crippen molar-refractivity contribution in [2.75, 3.05) is 26.3 Å². The van der Waals surface area contributed by atoms with Crippen molar-refractivity contribution in [1.82, 2.24) is 9.88 Å². The van der Waals surface area contributed by atoms with Crippen LogP contribution < -0.4 is 0 Å². The van der Waals surface area contributed by atoms with Crippen molar-refractivity contribution >= 4 is 15.7 Å². The Morgan fingerprint density at radius 2 is 2.00 bits per heavy atom. The van der Waals surface area contributed by atoms with Crippen molar-refractivity contribution in [1.29, 1.82) is 0 Å². The lowest BCUT2D eigenvalue weighted by Crippen LogP contribution is -2.35. The van der Waals surface area contributed by atoms with Crippen LogP contribution in [0.4, 0.5) is 13.2 Å². The highest BCUT2D eigenvalue weighted by molar-refractivity contribution is 7.92. The van der Waals surface area contributed by atoms with Gasteiger partial charge >= 0.3 is 5.51 Å². The summed E-state index contributed by atoms with van der Waals surface area (Å²) < 4.78 is 66.3. The quantitative estimate of drug-likeness (QED) is 0.811. The second-order valence-electron chi connectivity index (χ2n) is 4.56. The highest BCUT2D eigenvalue weighted by Gasteiger charge is 2.49. The summed E-state index contributed by atoms with van der Waals surface area (Å²) in [5, 5.41) is -1.27. The van der Waals surface area contributed by atoms with Gasteiger partial charge in [-0.15, -0.1) is 0 Å². The molecule has 0 unspecified atom stereocenters. The summed E-state index contributed by atoms with van der Waals surface area (Å²) in [6.45, 7) is 1.14. The van der Waals surface area contributed by atoms with E-state index in [0.717, 1.165) is 12.3 Å². The topological polar surface area (TPSA) is 76.6 Å². The molecular weight excluding hydrogens is 325 g/mol. The molecule has 0 aromatic carbocycles. The maximum Gasteiger partial charge on any atom is 0.503 e. The third-order valence-corrected chi connectivity index (χ3v) is 4.51. The Bertz CT molecular complexity index is 653. The van der Waals surface area contributed by atoms with Gasteiger partial charge in [-0.2, -0.15) is 13.2 Å². The first-order valence-electron chi connectivity index (χ1n) is 6.38. The minimum absolute atomic E-state index is 0.180. The Morgan fingerprint density at radius 1 is 1.27 bits per heavy atom. The van der Waals surface area contributed by atoms with Crippen molar-refractivity contribution in [3.8, 4) is 0 Å². The molecule has 0 radical (unpaired) electrons. The number of aromatic nitrogens is 1. The molecule has 0 atom stereocenters. The minimum Gasteiger partial charge on any atom is -0.380 e. The lowest BCUT2D eigenvalue weighted by molar-refractivity contribution is -0.0438. The van der Waals surface area contributed by atoms with E-state index >= 15 is 0 Å². The highest BCUT2D eigenvalue weighted by Crippen LogP contribution is 2.31. The molecule has 1 aliphatic heterocycles. The molecular formula is C12H13F3N2O4S. The van der Waals surface area contributed by atoms with Crippen LogP contribution in [0.25, 0.3) is 0 Å². The molecule has 22 heavy (non-hydrogen) atoms. The maximum atomic E-state index is 12.7. The molecule has 1 amide bonds. The second-order valence-corrected chi connectivity index (χ2v) is 6.42. The summed E-state index contributed by atoms with van der Waals surface area (Å²) in [4.78, 5) is 16.9. The Labute approximate surface area is 124 Å². The van der Waals surface area contributed by atoms with E-state index in [2.05, 4.69) is 4.98 Å². The molecule has 0 N–H and O–H groups in total. The normalized spacial score (nSPS) is 17.1. The van der Waals surface area contributed by atoms with Gasteiger partial charge < -0.3 is 9.64 Å². The molecule has 2 rings (SSSR count). The first-order valence-corrected chi connectivity index (χ1v) is 7.87. The number of amides is 1. The number of nitrogens with zero attached hydrogens (tertiary/aromatic N) is 2. The molecule has 1 aromatic heterocycles. The first kappa shape index (κ1) is 16.7. The molecule has 1 fully saturated rings. The molecule has 0 bridgehead atoms. The number of halogens is 3. The highest BCUT2D eigenvalue weighted by atomic mass is 32.2. The fraction of sp³-hybridized carbons (Fsp3) is 0.500. The smallest absolute Gasteiger partial charge is 0.380 e.